The van der Waals surface area contributed by atoms with Crippen LogP contribution >= 0.6 is 0 Å². The Morgan fingerprint density at radius 2 is 1.95 bits per heavy atom. The molecule has 0 radical (unpaired) electrons. The van der Waals surface area contributed by atoms with Gasteiger partial charge in [0, 0.05) is 12.0 Å². The minimum absolute atomic E-state index is 0.578. The third-order valence-electron chi connectivity index (χ3n) is 5.07. The van der Waals surface area contributed by atoms with Crippen LogP contribution in [0.5, 0.6) is 0 Å². The summed E-state index contributed by atoms with van der Waals surface area (Å²) < 4.78 is 4.86. The molecule has 0 unspecified atom stereocenters. The number of hydrogen-bond acceptors (Lipinski definition) is 0. The van der Waals surface area contributed by atoms with Crippen LogP contribution in [0.15, 0.2) is 36.4 Å². The number of nitrogens with zero attached hydrogens (tertiary/aromatic N) is 2. The van der Waals surface area contributed by atoms with E-state index >= 15 is 0 Å². The molecule has 2 nitrogen and oxygen atoms in total. The van der Waals surface area contributed by atoms with Crippen molar-refractivity contribution in [3.05, 3.63) is 53.1 Å². The van der Waals surface area contributed by atoms with Crippen LogP contribution < -0.4 is 4.57 Å². The molecule has 2 heterocycles. The third-order valence-corrected chi connectivity index (χ3v) is 5.07. The highest BCUT2D eigenvalue weighted by Crippen LogP contribution is 2.30. The highest BCUT2D eigenvalue weighted by Gasteiger charge is 2.30. The van der Waals surface area contributed by atoms with Gasteiger partial charge in [0.2, 0.25) is 0 Å². The van der Waals surface area contributed by atoms with Crippen LogP contribution in [0.3, 0.4) is 0 Å². The quantitative estimate of drug-likeness (QED) is 0.628. The van der Waals surface area contributed by atoms with Crippen LogP contribution in [0.1, 0.15) is 36.5 Å². The van der Waals surface area contributed by atoms with E-state index in [1.54, 1.807) is 0 Å². The summed E-state index contributed by atoms with van der Waals surface area (Å²) in [4.78, 5) is 0. The second-order valence-electron chi connectivity index (χ2n) is 6.80. The van der Waals surface area contributed by atoms with Crippen LogP contribution in [0, 0.1) is 6.92 Å². The molecule has 0 aliphatic carbocycles. The number of rotatable bonds is 2. The highest BCUT2D eigenvalue weighted by molar-refractivity contribution is 5.80. The lowest BCUT2D eigenvalue weighted by molar-refractivity contribution is -0.653. The molecule has 2 aromatic carbocycles. The zero-order valence-corrected chi connectivity index (χ0v) is 13.9. The van der Waals surface area contributed by atoms with Gasteiger partial charge in [-0.25, -0.2) is 9.13 Å². The van der Waals surface area contributed by atoms with Gasteiger partial charge < -0.3 is 0 Å². The van der Waals surface area contributed by atoms with Crippen molar-refractivity contribution in [3.8, 4) is 11.4 Å². The Morgan fingerprint density at radius 3 is 2.68 bits per heavy atom. The van der Waals surface area contributed by atoms with Gasteiger partial charge in [0.15, 0.2) is 11.0 Å². The van der Waals surface area contributed by atoms with Crippen LogP contribution in [-0.4, -0.2) is 4.57 Å². The maximum Gasteiger partial charge on any atom is 0.289 e. The van der Waals surface area contributed by atoms with E-state index in [1.807, 2.05) is 0 Å². The summed E-state index contributed by atoms with van der Waals surface area (Å²) in [7, 11) is 2.19. The second kappa shape index (κ2) is 4.70. The molecule has 0 N–H and O–H groups in total. The van der Waals surface area contributed by atoms with Crippen molar-refractivity contribution >= 4 is 11.0 Å². The number of imidazole rings is 1. The average Bonchev–Trinajstić information content (AvgIpc) is 3.04. The summed E-state index contributed by atoms with van der Waals surface area (Å²) >= 11 is 0. The summed E-state index contributed by atoms with van der Waals surface area (Å²) in [5.41, 5.74) is 8.40. The van der Waals surface area contributed by atoms with E-state index in [2.05, 4.69) is 73.4 Å². The molecule has 0 saturated carbocycles. The largest absolute Gasteiger partial charge is 0.289 e. The molecule has 2 heteroatoms. The molecule has 0 atom stereocenters. The lowest BCUT2D eigenvalue weighted by Crippen LogP contribution is -2.33. The summed E-state index contributed by atoms with van der Waals surface area (Å²) in [5.74, 6) is 1.92. The van der Waals surface area contributed by atoms with Crippen LogP contribution in [0.25, 0.3) is 22.4 Å². The standard InChI is InChI=1S/C20H23N2/c1-13(2)16-8-9-17(14(3)12-16)20-21(4)18-7-5-6-15-10-11-22(20)19(15)18/h5-9,12-13H,10-11H2,1-4H3/q+1. The predicted octanol–water partition coefficient (Wildman–Crippen LogP) is 4.12. The Morgan fingerprint density at radius 1 is 1.14 bits per heavy atom. The van der Waals surface area contributed by atoms with Gasteiger partial charge in [-0.3, -0.25) is 0 Å². The van der Waals surface area contributed by atoms with E-state index in [1.165, 1.54) is 39.1 Å². The van der Waals surface area contributed by atoms with Crippen molar-refractivity contribution in [2.24, 2.45) is 7.05 Å². The van der Waals surface area contributed by atoms with Crippen LogP contribution in [-0.2, 0) is 20.0 Å². The van der Waals surface area contributed by atoms with E-state index < -0.39 is 0 Å². The van der Waals surface area contributed by atoms with E-state index in [4.69, 9.17) is 0 Å². The topological polar surface area (TPSA) is 8.81 Å². The number of aryl methyl sites for hydroxylation is 4. The summed E-state index contributed by atoms with van der Waals surface area (Å²) in [6, 6.07) is 13.6. The SMILES string of the molecule is Cc1cc(C(C)C)ccc1-c1n(C)c2cccc3c2[n+]1CC3. The van der Waals surface area contributed by atoms with Gasteiger partial charge in [0.1, 0.15) is 0 Å². The Kier molecular flexibility index (Phi) is 2.90. The van der Waals surface area contributed by atoms with E-state index in [9.17, 15) is 0 Å². The summed E-state index contributed by atoms with van der Waals surface area (Å²) in [6.07, 6.45) is 1.16. The molecule has 1 aliphatic heterocycles. The minimum Gasteiger partial charge on any atom is -0.226 e. The number of benzene rings is 2. The number of aromatic nitrogens is 2. The second-order valence-corrected chi connectivity index (χ2v) is 6.80. The first-order valence-electron chi connectivity index (χ1n) is 8.19. The maximum atomic E-state index is 2.50. The molecule has 0 fully saturated rings. The first kappa shape index (κ1) is 13.6. The average molecular weight is 291 g/mol. The Hall–Kier alpha value is -2.09. The van der Waals surface area contributed by atoms with Crippen LogP contribution in [0.2, 0.25) is 0 Å². The molecular formula is C20H23N2+. The highest BCUT2D eigenvalue weighted by atomic mass is 15.2. The van der Waals surface area contributed by atoms with Crippen molar-refractivity contribution in [1.82, 2.24) is 4.57 Å². The van der Waals surface area contributed by atoms with E-state index in [0.29, 0.717) is 5.92 Å². The fourth-order valence-electron chi connectivity index (χ4n) is 3.84. The molecular weight excluding hydrogens is 268 g/mol. The number of para-hydroxylation sites is 1. The first-order chi connectivity index (χ1) is 10.6. The summed E-state index contributed by atoms with van der Waals surface area (Å²) in [6.45, 7) is 7.84. The molecule has 1 aromatic heterocycles. The van der Waals surface area contributed by atoms with Crippen molar-refractivity contribution in [3.63, 3.8) is 0 Å². The lowest BCUT2D eigenvalue weighted by Gasteiger charge is -2.10. The van der Waals surface area contributed by atoms with Gasteiger partial charge in [0.25, 0.3) is 5.82 Å². The molecule has 22 heavy (non-hydrogen) atoms. The minimum atomic E-state index is 0.578. The molecule has 0 bridgehead atoms. The van der Waals surface area contributed by atoms with Gasteiger partial charge >= 0.3 is 0 Å². The molecule has 0 amide bonds. The van der Waals surface area contributed by atoms with E-state index in [-0.39, 0.29) is 0 Å². The zero-order valence-electron chi connectivity index (χ0n) is 13.9. The van der Waals surface area contributed by atoms with Gasteiger partial charge in [-0.2, -0.15) is 0 Å². The molecule has 0 saturated heterocycles. The van der Waals surface area contributed by atoms with Crippen LogP contribution in [0.4, 0.5) is 0 Å². The van der Waals surface area contributed by atoms with Crippen molar-refractivity contribution < 1.29 is 4.57 Å². The monoisotopic (exact) mass is 291 g/mol. The Balaban J connectivity index is 1.99. The third kappa shape index (κ3) is 1.76. The molecule has 112 valence electrons. The smallest absolute Gasteiger partial charge is 0.226 e. The van der Waals surface area contributed by atoms with Crippen molar-refractivity contribution in [1.29, 1.82) is 0 Å². The predicted molar refractivity (Wildman–Crippen MR) is 91.1 cm³/mol. The Labute approximate surface area is 132 Å². The summed E-state index contributed by atoms with van der Waals surface area (Å²) in [5, 5.41) is 0. The molecule has 0 spiro atoms. The maximum absolute atomic E-state index is 2.50. The zero-order chi connectivity index (χ0) is 15.4. The number of hydrogen-bond donors (Lipinski definition) is 0. The molecule has 3 aromatic rings. The van der Waals surface area contributed by atoms with Crippen molar-refractivity contribution in [2.45, 2.75) is 39.7 Å². The first-order valence-corrected chi connectivity index (χ1v) is 8.19. The van der Waals surface area contributed by atoms with Gasteiger partial charge in [-0.1, -0.05) is 38.1 Å². The van der Waals surface area contributed by atoms with Crippen molar-refractivity contribution in [2.75, 3.05) is 0 Å². The Bertz CT molecular complexity index is 884. The van der Waals surface area contributed by atoms with Gasteiger partial charge in [-0.15, -0.1) is 0 Å². The lowest BCUT2D eigenvalue weighted by atomic mass is 9.97. The fraction of sp³-hybridized carbons (Fsp3) is 0.350. The normalized spacial score (nSPS) is 13.5. The van der Waals surface area contributed by atoms with E-state index in [0.717, 1.165) is 13.0 Å². The van der Waals surface area contributed by atoms with Gasteiger partial charge in [-0.05, 0) is 36.1 Å². The molecule has 1 aliphatic rings. The van der Waals surface area contributed by atoms with Gasteiger partial charge in [0.05, 0.1) is 19.2 Å². The fourth-order valence-corrected chi connectivity index (χ4v) is 3.84. The molecule has 4 rings (SSSR count).